The minimum atomic E-state index is -0.518. The number of rotatable bonds is 5. The van der Waals surface area contributed by atoms with Crippen LogP contribution < -0.4 is 10.7 Å². The summed E-state index contributed by atoms with van der Waals surface area (Å²) in [6, 6.07) is 4.30. The van der Waals surface area contributed by atoms with Crippen LogP contribution in [0.4, 0.5) is 4.39 Å². The van der Waals surface area contributed by atoms with Gasteiger partial charge in [0.2, 0.25) is 5.91 Å². The third-order valence-corrected chi connectivity index (χ3v) is 6.64. The maximum absolute atomic E-state index is 13.6. The topological polar surface area (TPSA) is 70.6 Å². The van der Waals surface area contributed by atoms with Crippen LogP contribution in [0, 0.1) is 29.0 Å². The lowest BCUT2D eigenvalue weighted by Gasteiger charge is -2.55. The van der Waals surface area contributed by atoms with Crippen molar-refractivity contribution in [2.75, 3.05) is 6.54 Å². The largest absolute Gasteiger partial charge is 0.346 e. The molecule has 2 N–H and O–H groups in total. The molecular weight excluding hydrogens is 369 g/mol. The minimum absolute atomic E-state index is 0.00196. The smallest absolute Gasteiger partial charge is 0.259 e. The molecule has 4 fully saturated rings. The van der Waals surface area contributed by atoms with Crippen LogP contribution in [0.3, 0.4) is 0 Å². The molecule has 0 aliphatic heterocycles. The maximum atomic E-state index is 13.6. The van der Waals surface area contributed by atoms with Crippen LogP contribution in [0.5, 0.6) is 0 Å². The molecule has 7 heteroatoms. The van der Waals surface area contributed by atoms with Gasteiger partial charge in [-0.3, -0.25) is 9.59 Å². The van der Waals surface area contributed by atoms with E-state index in [9.17, 15) is 14.0 Å². The third kappa shape index (κ3) is 3.72. The van der Waals surface area contributed by atoms with E-state index in [0.29, 0.717) is 17.8 Å². The summed E-state index contributed by atoms with van der Waals surface area (Å²) in [7, 11) is 0. The summed E-state index contributed by atoms with van der Waals surface area (Å²) in [4.78, 5) is 24.8. The van der Waals surface area contributed by atoms with E-state index in [1.54, 1.807) is 6.07 Å². The Bertz CT molecular complexity index is 740. The standard InChI is InChI=1S/C20H23ClFN3O2/c21-16-2-1-3-17(22)15(16)10-24-25-18(26)11-23-19(27)20-7-12-4-13(8-20)6-14(5-12)9-20/h1-3,10,12-14H,4-9,11H2,(H,23,27)(H,25,26)/b24-10+. The Morgan fingerprint density at radius 1 is 1.19 bits per heavy atom. The van der Waals surface area contributed by atoms with Crippen LogP contribution in [-0.4, -0.2) is 24.6 Å². The highest BCUT2D eigenvalue weighted by Gasteiger charge is 2.54. The Kier molecular flexibility index (Phi) is 4.93. The number of halogens is 2. The molecular formula is C20H23ClFN3O2. The predicted octanol–water partition coefficient (Wildman–Crippen LogP) is 3.26. The van der Waals surface area contributed by atoms with Crippen molar-refractivity contribution in [3.05, 3.63) is 34.6 Å². The van der Waals surface area contributed by atoms with E-state index < -0.39 is 11.7 Å². The van der Waals surface area contributed by atoms with Gasteiger partial charge in [-0.2, -0.15) is 5.10 Å². The Morgan fingerprint density at radius 3 is 2.41 bits per heavy atom. The lowest BCUT2D eigenvalue weighted by molar-refractivity contribution is -0.147. The fraction of sp³-hybridized carbons (Fsp3) is 0.550. The van der Waals surface area contributed by atoms with Crippen LogP contribution in [-0.2, 0) is 9.59 Å². The van der Waals surface area contributed by atoms with Gasteiger partial charge in [0, 0.05) is 11.0 Å². The van der Waals surface area contributed by atoms with E-state index in [0.717, 1.165) is 25.5 Å². The number of hydrogen-bond donors (Lipinski definition) is 2. The van der Waals surface area contributed by atoms with E-state index in [1.807, 2.05) is 0 Å². The number of nitrogens with zero attached hydrogens (tertiary/aromatic N) is 1. The average Bonchev–Trinajstić information content (AvgIpc) is 2.61. The molecule has 144 valence electrons. The molecule has 0 atom stereocenters. The summed E-state index contributed by atoms with van der Waals surface area (Å²) >= 11 is 5.90. The zero-order chi connectivity index (χ0) is 19.0. The van der Waals surface area contributed by atoms with Gasteiger partial charge >= 0.3 is 0 Å². The van der Waals surface area contributed by atoms with Crippen molar-refractivity contribution in [2.24, 2.45) is 28.3 Å². The van der Waals surface area contributed by atoms with E-state index in [1.165, 1.54) is 31.4 Å². The van der Waals surface area contributed by atoms with E-state index in [2.05, 4.69) is 15.8 Å². The number of amides is 2. The fourth-order valence-corrected chi connectivity index (χ4v) is 5.79. The van der Waals surface area contributed by atoms with Crippen LogP contribution in [0.1, 0.15) is 44.1 Å². The maximum Gasteiger partial charge on any atom is 0.259 e. The average molecular weight is 392 g/mol. The molecule has 0 spiro atoms. The summed E-state index contributed by atoms with van der Waals surface area (Å²) in [6.45, 7) is -0.136. The van der Waals surface area contributed by atoms with Gasteiger partial charge in [0.05, 0.1) is 17.8 Å². The van der Waals surface area contributed by atoms with Crippen LogP contribution in [0.15, 0.2) is 23.3 Å². The molecule has 0 aromatic heterocycles. The highest BCUT2D eigenvalue weighted by molar-refractivity contribution is 6.33. The van der Waals surface area contributed by atoms with Gasteiger partial charge < -0.3 is 5.32 Å². The van der Waals surface area contributed by atoms with Crippen molar-refractivity contribution in [3.63, 3.8) is 0 Å². The van der Waals surface area contributed by atoms with Crippen molar-refractivity contribution in [1.82, 2.24) is 10.7 Å². The SMILES string of the molecule is O=C(CNC(=O)C12CC3CC(CC(C3)C1)C2)N/N=C/c1c(F)cccc1Cl. The molecule has 4 saturated carbocycles. The van der Waals surface area contributed by atoms with Crippen molar-refractivity contribution in [1.29, 1.82) is 0 Å². The normalized spacial score (nSPS) is 31.3. The predicted molar refractivity (Wildman–Crippen MR) is 101 cm³/mol. The lowest BCUT2D eigenvalue weighted by Crippen LogP contribution is -2.54. The molecule has 0 radical (unpaired) electrons. The molecule has 2 amide bonds. The van der Waals surface area contributed by atoms with E-state index >= 15 is 0 Å². The van der Waals surface area contributed by atoms with Crippen LogP contribution in [0.25, 0.3) is 0 Å². The van der Waals surface area contributed by atoms with E-state index in [-0.39, 0.29) is 28.5 Å². The Balaban J connectivity index is 1.29. The number of hydrazone groups is 1. The zero-order valence-corrected chi connectivity index (χ0v) is 15.8. The molecule has 5 rings (SSSR count). The first kappa shape index (κ1) is 18.4. The van der Waals surface area contributed by atoms with Crippen molar-refractivity contribution in [2.45, 2.75) is 38.5 Å². The molecule has 4 aliphatic carbocycles. The van der Waals surface area contributed by atoms with Gasteiger partial charge in [-0.05, 0) is 68.4 Å². The second kappa shape index (κ2) is 7.23. The molecule has 1 aromatic rings. The number of hydrogen-bond acceptors (Lipinski definition) is 3. The van der Waals surface area contributed by atoms with Crippen molar-refractivity contribution in [3.8, 4) is 0 Å². The Hall–Kier alpha value is -1.95. The van der Waals surface area contributed by atoms with E-state index in [4.69, 9.17) is 11.6 Å². The monoisotopic (exact) mass is 391 g/mol. The first-order valence-electron chi connectivity index (χ1n) is 9.49. The van der Waals surface area contributed by atoms with Gasteiger partial charge in [0.1, 0.15) is 5.82 Å². The first-order chi connectivity index (χ1) is 12.9. The molecule has 0 saturated heterocycles. The summed E-state index contributed by atoms with van der Waals surface area (Å²) in [5, 5.41) is 6.73. The Morgan fingerprint density at radius 2 is 1.81 bits per heavy atom. The molecule has 0 heterocycles. The molecule has 1 aromatic carbocycles. The third-order valence-electron chi connectivity index (χ3n) is 6.31. The summed E-state index contributed by atoms with van der Waals surface area (Å²) < 4.78 is 13.6. The fourth-order valence-electron chi connectivity index (χ4n) is 5.58. The molecule has 0 unspecified atom stereocenters. The number of benzene rings is 1. The summed E-state index contributed by atoms with van der Waals surface area (Å²) in [5.74, 6) is 1.05. The van der Waals surface area contributed by atoms with Gasteiger partial charge in [-0.25, -0.2) is 9.82 Å². The first-order valence-corrected chi connectivity index (χ1v) is 9.87. The van der Waals surface area contributed by atoms with Crippen molar-refractivity contribution < 1.29 is 14.0 Å². The highest BCUT2D eigenvalue weighted by Crippen LogP contribution is 2.60. The molecule has 5 nitrogen and oxygen atoms in total. The molecule has 4 aliphatic rings. The highest BCUT2D eigenvalue weighted by atomic mass is 35.5. The Labute approximate surface area is 162 Å². The number of carbonyl (C=O) groups is 2. The minimum Gasteiger partial charge on any atom is -0.346 e. The van der Waals surface area contributed by atoms with Gasteiger partial charge in [-0.1, -0.05) is 17.7 Å². The van der Waals surface area contributed by atoms with Crippen molar-refractivity contribution >= 4 is 29.6 Å². The van der Waals surface area contributed by atoms with Crippen LogP contribution in [0.2, 0.25) is 5.02 Å². The second-order valence-electron chi connectivity index (χ2n) is 8.31. The lowest BCUT2D eigenvalue weighted by atomic mass is 9.49. The molecule has 27 heavy (non-hydrogen) atoms. The van der Waals surface area contributed by atoms with Gasteiger partial charge in [-0.15, -0.1) is 0 Å². The van der Waals surface area contributed by atoms with Crippen LogP contribution >= 0.6 is 11.6 Å². The number of nitrogens with one attached hydrogen (secondary N) is 2. The molecule has 4 bridgehead atoms. The summed E-state index contributed by atoms with van der Waals surface area (Å²) in [5.41, 5.74) is 2.13. The quantitative estimate of drug-likeness (QED) is 0.597. The second-order valence-corrected chi connectivity index (χ2v) is 8.72. The van der Waals surface area contributed by atoms with Gasteiger partial charge in [0.25, 0.3) is 5.91 Å². The summed E-state index contributed by atoms with van der Waals surface area (Å²) in [6.07, 6.45) is 7.82. The van der Waals surface area contributed by atoms with Gasteiger partial charge in [0.15, 0.2) is 0 Å². The zero-order valence-electron chi connectivity index (χ0n) is 15.0. The number of carbonyl (C=O) groups excluding carboxylic acids is 2.